The number of para-hydroxylation sites is 2. The van der Waals surface area contributed by atoms with E-state index < -0.39 is 0 Å². The minimum atomic E-state index is -0.210. The maximum atomic E-state index is 6.65. The van der Waals surface area contributed by atoms with Crippen molar-refractivity contribution in [2.75, 3.05) is 4.90 Å². The van der Waals surface area contributed by atoms with Crippen LogP contribution < -0.4 is 10.6 Å². The maximum Gasteiger partial charge on any atom is 0.157 e. The zero-order valence-corrected chi connectivity index (χ0v) is 32.6. The van der Waals surface area contributed by atoms with Crippen LogP contribution in [-0.4, -0.2) is 16.7 Å². The van der Waals surface area contributed by atoms with E-state index in [9.17, 15) is 0 Å². The molecule has 0 bridgehead atoms. The van der Waals surface area contributed by atoms with Crippen molar-refractivity contribution in [3.05, 3.63) is 228 Å². The number of benzene rings is 7. The van der Waals surface area contributed by atoms with Crippen LogP contribution in [0.15, 0.2) is 210 Å². The summed E-state index contributed by atoms with van der Waals surface area (Å²) in [5.74, 6) is 1.77. The van der Waals surface area contributed by atoms with E-state index in [1.807, 2.05) is 66.9 Å². The second kappa shape index (κ2) is 15.6. The quantitative estimate of drug-likeness (QED) is 0.124. The molecule has 0 spiro atoms. The highest BCUT2D eigenvalue weighted by Gasteiger charge is 2.37. The molecule has 5 nitrogen and oxygen atoms in total. The number of hydrogen-bond acceptors (Lipinski definition) is 3. The van der Waals surface area contributed by atoms with Crippen molar-refractivity contribution in [2.24, 2.45) is 15.7 Å². The van der Waals surface area contributed by atoms with Gasteiger partial charge in [0, 0.05) is 33.9 Å². The third-order valence-electron chi connectivity index (χ3n) is 11.0. The van der Waals surface area contributed by atoms with Crippen molar-refractivity contribution >= 4 is 28.9 Å². The molecule has 280 valence electrons. The molecule has 0 aliphatic carbocycles. The average Bonchev–Trinajstić information content (AvgIpc) is 3.29. The summed E-state index contributed by atoms with van der Waals surface area (Å²) in [6.07, 6.45) is 2.01. The number of fused-ring (bicyclic) bond motifs is 2. The monoisotopic (exact) mass is 749 g/mol. The standard InChI is InChI=1S/C53H43N5/c1-53(2)46-27-15-17-29-48(46)58(49-30-18-16-28-47(49)53)52-45(36-55-51(40-25-13-6-14-26-40)57-50(54)39-23-11-5-12-24-39)34-44(35-56-52)43-32-41(37-19-7-3-8-20-37)31-42(33-43)38-21-9-4-10-22-38/h3-35H,36H2,1-2H3,(H2,54,55,57). The van der Waals surface area contributed by atoms with E-state index >= 15 is 0 Å². The number of aliphatic imine (C=N–C) groups is 2. The fraction of sp³-hybridized carbons (Fsp3) is 0.0755. The number of hydrogen-bond donors (Lipinski definition) is 1. The molecule has 58 heavy (non-hydrogen) atoms. The Morgan fingerprint density at radius 3 is 1.50 bits per heavy atom. The van der Waals surface area contributed by atoms with Crippen molar-refractivity contribution in [1.82, 2.24) is 4.98 Å². The molecule has 8 aromatic rings. The molecule has 5 heteroatoms. The maximum absolute atomic E-state index is 6.65. The molecule has 9 rings (SSSR count). The molecule has 0 unspecified atom stereocenters. The molecule has 0 amide bonds. The van der Waals surface area contributed by atoms with Gasteiger partial charge in [-0.3, -0.25) is 9.89 Å². The third kappa shape index (κ3) is 7.10. The molecule has 2 N–H and O–H groups in total. The first-order valence-electron chi connectivity index (χ1n) is 19.7. The molecule has 0 saturated heterocycles. The first-order valence-corrected chi connectivity index (χ1v) is 19.7. The van der Waals surface area contributed by atoms with Gasteiger partial charge in [0.1, 0.15) is 11.7 Å². The summed E-state index contributed by atoms with van der Waals surface area (Å²) in [5.41, 5.74) is 20.4. The van der Waals surface area contributed by atoms with Gasteiger partial charge in [0.25, 0.3) is 0 Å². The van der Waals surface area contributed by atoms with Crippen LogP contribution in [0.4, 0.5) is 17.2 Å². The number of anilines is 3. The Hall–Kier alpha value is -7.37. The predicted octanol–water partition coefficient (Wildman–Crippen LogP) is 12.5. The number of nitrogens with zero attached hydrogens (tertiary/aromatic N) is 4. The summed E-state index contributed by atoms with van der Waals surface area (Å²) >= 11 is 0. The average molecular weight is 750 g/mol. The lowest BCUT2D eigenvalue weighted by atomic mass is 9.73. The number of rotatable bonds is 8. The summed E-state index contributed by atoms with van der Waals surface area (Å²) in [6, 6.07) is 67.4. The van der Waals surface area contributed by atoms with Crippen molar-refractivity contribution in [3.63, 3.8) is 0 Å². The number of nitrogens with two attached hydrogens (primary N) is 1. The fourth-order valence-electron chi connectivity index (χ4n) is 7.99. The molecule has 1 aliphatic heterocycles. The van der Waals surface area contributed by atoms with Crippen molar-refractivity contribution in [3.8, 4) is 33.4 Å². The second-order valence-corrected chi connectivity index (χ2v) is 15.1. The lowest BCUT2D eigenvalue weighted by molar-refractivity contribution is 0.631. The van der Waals surface area contributed by atoms with E-state index in [-0.39, 0.29) is 5.41 Å². The molecule has 2 heterocycles. The smallest absolute Gasteiger partial charge is 0.157 e. The van der Waals surface area contributed by atoms with E-state index in [1.165, 1.54) is 11.1 Å². The number of pyridine rings is 1. The van der Waals surface area contributed by atoms with Crippen LogP contribution in [0.25, 0.3) is 33.4 Å². The zero-order chi connectivity index (χ0) is 39.5. The van der Waals surface area contributed by atoms with Gasteiger partial charge in [-0.25, -0.2) is 9.98 Å². The Labute approximate surface area is 340 Å². The second-order valence-electron chi connectivity index (χ2n) is 15.1. The number of amidine groups is 2. The Morgan fingerprint density at radius 1 is 0.517 bits per heavy atom. The fourth-order valence-corrected chi connectivity index (χ4v) is 7.99. The molecular formula is C53H43N5. The highest BCUT2D eigenvalue weighted by Crippen LogP contribution is 2.52. The van der Waals surface area contributed by atoms with Crippen LogP contribution in [0.3, 0.4) is 0 Å². The molecular weight excluding hydrogens is 707 g/mol. The largest absolute Gasteiger partial charge is 0.383 e. The highest BCUT2D eigenvalue weighted by atomic mass is 15.2. The van der Waals surface area contributed by atoms with Gasteiger partial charge in [-0.05, 0) is 75.3 Å². The van der Waals surface area contributed by atoms with E-state index in [0.29, 0.717) is 18.2 Å². The molecule has 0 radical (unpaired) electrons. The third-order valence-corrected chi connectivity index (χ3v) is 11.0. The van der Waals surface area contributed by atoms with Crippen molar-refractivity contribution < 1.29 is 0 Å². The highest BCUT2D eigenvalue weighted by molar-refractivity contribution is 6.11. The lowest BCUT2D eigenvalue weighted by Crippen LogP contribution is -2.31. The van der Waals surface area contributed by atoms with E-state index in [2.05, 4.69) is 152 Å². The lowest BCUT2D eigenvalue weighted by Gasteiger charge is -2.41. The topological polar surface area (TPSA) is 66.9 Å². The Morgan fingerprint density at radius 2 is 0.966 bits per heavy atom. The van der Waals surface area contributed by atoms with Gasteiger partial charge in [-0.2, -0.15) is 0 Å². The summed E-state index contributed by atoms with van der Waals surface area (Å²) in [6.45, 7) is 4.91. The van der Waals surface area contributed by atoms with Gasteiger partial charge in [-0.1, -0.05) is 172 Å². The van der Waals surface area contributed by atoms with Gasteiger partial charge in [0.15, 0.2) is 5.84 Å². The summed E-state index contributed by atoms with van der Waals surface area (Å²) in [5, 5.41) is 0. The normalized spacial score (nSPS) is 13.4. The van der Waals surface area contributed by atoms with E-state index in [1.54, 1.807) is 0 Å². The van der Waals surface area contributed by atoms with Gasteiger partial charge in [-0.15, -0.1) is 0 Å². The Kier molecular flexibility index (Phi) is 9.78. The molecule has 7 aromatic carbocycles. The van der Waals surface area contributed by atoms with Crippen molar-refractivity contribution in [2.45, 2.75) is 25.8 Å². The summed E-state index contributed by atoms with van der Waals surface area (Å²) < 4.78 is 0. The Balaban J connectivity index is 1.25. The van der Waals surface area contributed by atoms with E-state index in [0.717, 1.165) is 67.3 Å². The van der Waals surface area contributed by atoms with Crippen LogP contribution in [0.1, 0.15) is 41.7 Å². The number of aromatic nitrogens is 1. The van der Waals surface area contributed by atoms with Crippen LogP contribution in [0.5, 0.6) is 0 Å². The van der Waals surface area contributed by atoms with Gasteiger partial charge < -0.3 is 5.73 Å². The summed E-state index contributed by atoms with van der Waals surface area (Å²) in [4.78, 5) is 17.9. The van der Waals surface area contributed by atoms with Gasteiger partial charge in [0.2, 0.25) is 0 Å². The predicted molar refractivity (Wildman–Crippen MR) is 241 cm³/mol. The van der Waals surface area contributed by atoms with Crippen LogP contribution in [-0.2, 0) is 12.0 Å². The van der Waals surface area contributed by atoms with Crippen LogP contribution in [0.2, 0.25) is 0 Å². The van der Waals surface area contributed by atoms with Crippen LogP contribution in [0, 0.1) is 0 Å². The first-order chi connectivity index (χ1) is 28.4. The van der Waals surface area contributed by atoms with Crippen LogP contribution >= 0.6 is 0 Å². The van der Waals surface area contributed by atoms with Gasteiger partial charge in [0.05, 0.1) is 17.9 Å². The zero-order valence-electron chi connectivity index (χ0n) is 32.6. The SMILES string of the molecule is CC1(C)c2ccccc2N(c2ncc(-c3cc(-c4ccccc4)cc(-c4ccccc4)c3)cc2CN=C(N=C(N)c2ccccc2)c2ccccc2)c2ccccc21. The minimum Gasteiger partial charge on any atom is -0.383 e. The molecule has 1 aliphatic rings. The molecule has 0 fully saturated rings. The minimum absolute atomic E-state index is 0.210. The molecule has 0 saturated carbocycles. The first kappa shape index (κ1) is 36.3. The van der Waals surface area contributed by atoms with Crippen molar-refractivity contribution in [1.29, 1.82) is 0 Å². The van der Waals surface area contributed by atoms with Gasteiger partial charge >= 0.3 is 0 Å². The van der Waals surface area contributed by atoms with E-state index in [4.69, 9.17) is 20.7 Å². The molecule has 0 atom stereocenters. The summed E-state index contributed by atoms with van der Waals surface area (Å²) in [7, 11) is 0. The Bertz CT molecular complexity index is 2670. The molecule has 1 aromatic heterocycles.